The maximum absolute atomic E-state index is 5.09. The average molecular weight is 274 g/mol. The Bertz CT molecular complexity index is 619. The molecule has 0 bridgehead atoms. The SMILES string of the molecule is CNc1nc(C2CC2)nc(NCc2nc(C)no2)c1C. The van der Waals surface area contributed by atoms with Gasteiger partial charge in [0.25, 0.3) is 0 Å². The molecule has 2 aromatic heterocycles. The van der Waals surface area contributed by atoms with E-state index >= 15 is 0 Å². The fourth-order valence-electron chi connectivity index (χ4n) is 2.04. The molecule has 2 N–H and O–H groups in total. The van der Waals surface area contributed by atoms with Crippen LogP contribution in [0.25, 0.3) is 0 Å². The molecule has 7 heteroatoms. The number of hydrogen-bond acceptors (Lipinski definition) is 7. The number of nitrogens with one attached hydrogen (secondary N) is 2. The Hall–Kier alpha value is -2.18. The lowest BCUT2D eigenvalue weighted by molar-refractivity contribution is 0.379. The van der Waals surface area contributed by atoms with Crippen molar-refractivity contribution >= 4 is 11.6 Å². The maximum Gasteiger partial charge on any atom is 0.245 e. The highest BCUT2D eigenvalue weighted by Crippen LogP contribution is 2.39. The van der Waals surface area contributed by atoms with Crippen LogP contribution in [0.2, 0.25) is 0 Å². The second-order valence-electron chi connectivity index (χ2n) is 5.02. The van der Waals surface area contributed by atoms with Gasteiger partial charge >= 0.3 is 0 Å². The minimum absolute atomic E-state index is 0.464. The summed E-state index contributed by atoms with van der Waals surface area (Å²) in [7, 11) is 1.87. The molecule has 0 spiro atoms. The Morgan fingerprint density at radius 2 is 1.90 bits per heavy atom. The zero-order chi connectivity index (χ0) is 14.1. The molecule has 20 heavy (non-hydrogen) atoms. The molecule has 1 fully saturated rings. The third kappa shape index (κ3) is 2.56. The lowest BCUT2D eigenvalue weighted by Crippen LogP contribution is -2.09. The Labute approximate surface area is 117 Å². The van der Waals surface area contributed by atoms with Crippen LogP contribution >= 0.6 is 0 Å². The van der Waals surface area contributed by atoms with E-state index in [1.807, 2.05) is 14.0 Å². The Kier molecular flexibility index (Phi) is 3.25. The molecular formula is C13H18N6O. The van der Waals surface area contributed by atoms with Gasteiger partial charge in [0.1, 0.15) is 17.5 Å². The van der Waals surface area contributed by atoms with E-state index in [0.29, 0.717) is 24.2 Å². The van der Waals surface area contributed by atoms with E-state index in [4.69, 9.17) is 4.52 Å². The van der Waals surface area contributed by atoms with Crippen LogP contribution in [0.1, 0.15) is 41.9 Å². The Balaban J connectivity index is 1.81. The molecule has 0 amide bonds. The molecule has 1 aliphatic rings. The lowest BCUT2D eigenvalue weighted by atomic mass is 10.2. The van der Waals surface area contributed by atoms with Crippen LogP contribution < -0.4 is 10.6 Å². The molecule has 1 saturated carbocycles. The summed E-state index contributed by atoms with van der Waals surface area (Å²) in [5, 5.41) is 10.1. The van der Waals surface area contributed by atoms with Gasteiger partial charge in [-0.25, -0.2) is 9.97 Å². The van der Waals surface area contributed by atoms with Crippen LogP contribution in [-0.4, -0.2) is 27.2 Å². The molecule has 2 heterocycles. The molecule has 0 radical (unpaired) electrons. The van der Waals surface area contributed by atoms with E-state index in [-0.39, 0.29) is 0 Å². The van der Waals surface area contributed by atoms with Crippen molar-refractivity contribution in [1.82, 2.24) is 20.1 Å². The van der Waals surface area contributed by atoms with Crippen molar-refractivity contribution in [2.45, 2.75) is 39.2 Å². The van der Waals surface area contributed by atoms with Gasteiger partial charge in [-0.2, -0.15) is 4.98 Å². The predicted molar refractivity (Wildman–Crippen MR) is 74.7 cm³/mol. The first-order valence-electron chi connectivity index (χ1n) is 6.76. The van der Waals surface area contributed by atoms with Gasteiger partial charge in [0.05, 0.1) is 6.54 Å². The number of rotatable bonds is 5. The third-order valence-electron chi connectivity index (χ3n) is 3.32. The number of aryl methyl sites for hydroxylation is 1. The first-order chi connectivity index (χ1) is 9.67. The molecule has 3 rings (SSSR count). The summed E-state index contributed by atoms with van der Waals surface area (Å²) in [6.45, 7) is 4.25. The van der Waals surface area contributed by atoms with Gasteiger partial charge < -0.3 is 15.2 Å². The predicted octanol–water partition coefficient (Wildman–Crippen LogP) is 2.01. The summed E-state index contributed by atoms with van der Waals surface area (Å²) in [4.78, 5) is 13.3. The topological polar surface area (TPSA) is 88.8 Å². The van der Waals surface area contributed by atoms with Gasteiger partial charge in [-0.3, -0.25) is 0 Å². The zero-order valence-electron chi connectivity index (χ0n) is 11.9. The molecule has 0 saturated heterocycles. The van der Waals surface area contributed by atoms with Crippen molar-refractivity contribution in [3.63, 3.8) is 0 Å². The average Bonchev–Trinajstić information content (AvgIpc) is 3.21. The van der Waals surface area contributed by atoms with Gasteiger partial charge in [0.2, 0.25) is 5.89 Å². The molecule has 0 aromatic carbocycles. The second-order valence-corrected chi connectivity index (χ2v) is 5.02. The summed E-state index contributed by atoms with van der Waals surface area (Å²) in [6.07, 6.45) is 2.35. The summed E-state index contributed by atoms with van der Waals surface area (Å²) in [5.41, 5.74) is 0.994. The Morgan fingerprint density at radius 1 is 1.15 bits per heavy atom. The minimum atomic E-state index is 0.464. The van der Waals surface area contributed by atoms with E-state index in [2.05, 4.69) is 30.7 Å². The molecule has 7 nitrogen and oxygen atoms in total. The first-order valence-corrected chi connectivity index (χ1v) is 6.76. The normalized spacial score (nSPS) is 14.3. The summed E-state index contributed by atoms with van der Waals surface area (Å²) in [6, 6.07) is 0. The van der Waals surface area contributed by atoms with Gasteiger partial charge in [-0.1, -0.05) is 5.16 Å². The highest BCUT2D eigenvalue weighted by Gasteiger charge is 2.28. The third-order valence-corrected chi connectivity index (χ3v) is 3.32. The van der Waals surface area contributed by atoms with Crippen LogP contribution in [0.4, 0.5) is 11.6 Å². The number of aromatic nitrogens is 4. The summed E-state index contributed by atoms with van der Waals surface area (Å²) < 4.78 is 5.09. The minimum Gasteiger partial charge on any atom is -0.373 e. The van der Waals surface area contributed by atoms with E-state index in [0.717, 1.165) is 23.0 Å². The summed E-state index contributed by atoms with van der Waals surface area (Å²) in [5.74, 6) is 4.29. The maximum atomic E-state index is 5.09. The van der Waals surface area contributed by atoms with Crippen LogP contribution in [0.3, 0.4) is 0 Å². The quantitative estimate of drug-likeness (QED) is 0.862. The van der Waals surface area contributed by atoms with Gasteiger partial charge in [-0.15, -0.1) is 0 Å². The van der Waals surface area contributed by atoms with E-state index in [9.17, 15) is 0 Å². The highest BCUT2D eigenvalue weighted by atomic mass is 16.5. The standard InChI is InChI=1S/C13H18N6O/c1-7-11(14-3)17-13(9-4-5-9)18-12(7)15-6-10-16-8(2)19-20-10/h9H,4-6H2,1-3H3,(H2,14,15,17,18). The van der Waals surface area contributed by atoms with Crippen LogP contribution in [0.5, 0.6) is 0 Å². The van der Waals surface area contributed by atoms with Crippen molar-refractivity contribution in [1.29, 1.82) is 0 Å². The van der Waals surface area contributed by atoms with E-state index < -0.39 is 0 Å². The fourth-order valence-corrected chi connectivity index (χ4v) is 2.04. The van der Waals surface area contributed by atoms with Gasteiger partial charge in [0.15, 0.2) is 5.82 Å². The monoisotopic (exact) mass is 274 g/mol. The van der Waals surface area contributed by atoms with Crippen LogP contribution in [-0.2, 0) is 6.54 Å². The lowest BCUT2D eigenvalue weighted by Gasteiger charge is -2.12. The largest absolute Gasteiger partial charge is 0.373 e. The second kappa shape index (κ2) is 5.07. The molecular weight excluding hydrogens is 256 g/mol. The fraction of sp³-hybridized carbons (Fsp3) is 0.538. The number of nitrogens with zero attached hydrogens (tertiary/aromatic N) is 4. The van der Waals surface area contributed by atoms with Crippen molar-refractivity contribution in [2.24, 2.45) is 0 Å². The van der Waals surface area contributed by atoms with E-state index in [1.54, 1.807) is 6.92 Å². The van der Waals surface area contributed by atoms with E-state index in [1.165, 1.54) is 12.8 Å². The molecule has 2 aromatic rings. The molecule has 106 valence electrons. The van der Waals surface area contributed by atoms with Gasteiger partial charge in [-0.05, 0) is 26.7 Å². The molecule has 0 aliphatic heterocycles. The number of hydrogen-bond donors (Lipinski definition) is 2. The van der Waals surface area contributed by atoms with Crippen LogP contribution in [0.15, 0.2) is 4.52 Å². The zero-order valence-corrected chi connectivity index (χ0v) is 11.9. The summed E-state index contributed by atoms with van der Waals surface area (Å²) >= 11 is 0. The molecule has 0 unspecified atom stereocenters. The highest BCUT2D eigenvalue weighted by molar-refractivity contribution is 5.57. The van der Waals surface area contributed by atoms with Crippen LogP contribution in [0, 0.1) is 13.8 Å². The smallest absolute Gasteiger partial charge is 0.245 e. The molecule has 1 aliphatic carbocycles. The number of anilines is 2. The van der Waals surface area contributed by atoms with Crippen molar-refractivity contribution in [3.8, 4) is 0 Å². The Morgan fingerprint density at radius 3 is 2.50 bits per heavy atom. The molecule has 0 atom stereocenters. The first kappa shape index (κ1) is 12.8. The van der Waals surface area contributed by atoms with Crippen molar-refractivity contribution in [3.05, 3.63) is 23.1 Å². The van der Waals surface area contributed by atoms with Crippen molar-refractivity contribution < 1.29 is 4.52 Å². The van der Waals surface area contributed by atoms with Gasteiger partial charge in [0, 0.05) is 18.5 Å². The van der Waals surface area contributed by atoms with Crippen molar-refractivity contribution in [2.75, 3.05) is 17.7 Å².